The molecule has 1 aliphatic carbocycles. The van der Waals surface area contributed by atoms with E-state index < -0.39 is 6.04 Å². The maximum absolute atomic E-state index is 13.1. The highest BCUT2D eigenvalue weighted by atomic mass is 19.1. The Hall–Kier alpha value is -1.91. The molecule has 4 nitrogen and oxygen atoms in total. The molecule has 2 N–H and O–H groups in total. The van der Waals surface area contributed by atoms with Gasteiger partial charge in [0.05, 0.1) is 0 Å². The number of carbonyl (C=O) groups excluding carboxylic acids is 2. The lowest BCUT2D eigenvalue weighted by molar-refractivity contribution is -0.126. The van der Waals surface area contributed by atoms with E-state index in [4.69, 9.17) is 0 Å². The second-order valence-electron chi connectivity index (χ2n) is 5.67. The Morgan fingerprint density at radius 1 is 1.29 bits per heavy atom. The first-order chi connectivity index (χ1) is 9.97. The zero-order valence-electron chi connectivity index (χ0n) is 12.4. The minimum atomic E-state index is -0.519. The van der Waals surface area contributed by atoms with Gasteiger partial charge in [0.25, 0.3) is 0 Å². The van der Waals surface area contributed by atoms with Crippen LogP contribution in [-0.4, -0.2) is 17.9 Å². The van der Waals surface area contributed by atoms with Crippen molar-refractivity contribution in [1.29, 1.82) is 0 Å². The fourth-order valence-corrected chi connectivity index (χ4v) is 2.88. The first-order valence-corrected chi connectivity index (χ1v) is 7.31. The molecule has 2 rings (SSSR count). The van der Waals surface area contributed by atoms with Gasteiger partial charge < -0.3 is 10.6 Å². The summed E-state index contributed by atoms with van der Waals surface area (Å²) in [5, 5.41) is 5.55. The average molecular weight is 292 g/mol. The van der Waals surface area contributed by atoms with Gasteiger partial charge >= 0.3 is 0 Å². The normalized spacial score (nSPS) is 16.5. The van der Waals surface area contributed by atoms with Crippen molar-refractivity contribution >= 4 is 17.5 Å². The predicted octanol–water partition coefficient (Wildman–Crippen LogP) is 2.77. The molecule has 1 atom stereocenters. The van der Waals surface area contributed by atoms with Crippen LogP contribution in [0, 0.1) is 18.7 Å². The Bertz CT molecular complexity index is 539. The van der Waals surface area contributed by atoms with Crippen LogP contribution in [0.2, 0.25) is 0 Å². The molecule has 1 aliphatic rings. The van der Waals surface area contributed by atoms with Crippen molar-refractivity contribution in [3.05, 3.63) is 29.6 Å². The summed E-state index contributed by atoms with van der Waals surface area (Å²) in [5.41, 5.74) is 1.24. The first kappa shape index (κ1) is 15.5. The molecule has 0 saturated heterocycles. The van der Waals surface area contributed by atoms with Gasteiger partial charge in [-0.05, 0) is 49.4 Å². The Morgan fingerprint density at radius 3 is 2.52 bits per heavy atom. The number of amides is 2. The second kappa shape index (κ2) is 6.70. The topological polar surface area (TPSA) is 58.2 Å². The molecule has 0 bridgehead atoms. The van der Waals surface area contributed by atoms with Crippen LogP contribution in [0.4, 0.5) is 10.1 Å². The van der Waals surface area contributed by atoms with Crippen molar-refractivity contribution in [2.24, 2.45) is 5.92 Å². The zero-order valence-corrected chi connectivity index (χ0v) is 12.4. The number of hydrogen-bond acceptors (Lipinski definition) is 2. The van der Waals surface area contributed by atoms with Crippen LogP contribution in [0.25, 0.3) is 0 Å². The first-order valence-electron chi connectivity index (χ1n) is 7.31. The number of carbonyl (C=O) groups is 2. The highest BCUT2D eigenvalue weighted by Gasteiger charge is 2.31. The molecule has 1 saturated carbocycles. The van der Waals surface area contributed by atoms with E-state index >= 15 is 0 Å². The summed E-state index contributed by atoms with van der Waals surface area (Å²) in [6.45, 7) is 3.15. The molecule has 0 spiro atoms. The third-order valence-electron chi connectivity index (χ3n) is 3.96. The molecule has 0 aliphatic heterocycles. The smallest absolute Gasteiger partial charge is 0.247 e. The third kappa shape index (κ3) is 4.03. The second-order valence-corrected chi connectivity index (χ2v) is 5.67. The SMILES string of the molecule is CC(=O)NC(C(=O)Nc1ccc(F)cc1C)C1CCCC1. The Labute approximate surface area is 124 Å². The highest BCUT2D eigenvalue weighted by Crippen LogP contribution is 2.28. The summed E-state index contributed by atoms with van der Waals surface area (Å²) in [6.07, 6.45) is 4.06. The monoisotopic (exact) mass is 292 g/mol. The Morgan fingerprint density at radius 2 is 1.95 bits per heavy atom. The van der Waals surface area contributed by atoms with E-state index in [1.165, 1.54) is 19.1 Å². The summed E-state index contributed by atoms with van der Waals surface area (Å²) in [6, 6.07) is 3.71. The van der Waals surface area contributed by atoms with Gasteiger partial charge in [-0.15, -0.1) is 0 Å². The van der Waals surface area contributed by atoms with Crippen molar-refractivity contribution in [3.63, 3.8) is 0 Å². The maximum atomic E-state index is 13.1. The molecule has 0 aromatic heterocycles. The molecule has 0 radical (unpaired) electrons. The zero-order chi connectivity index (χ0) is 15.4. The lowest BCUT2D eigenvalue weighted by Crippen LogP contribution is -2.47. The van der Waals surface area contributed by atoms with E-state index in [0.29, 0.717) is 11.3 Å². The number of anilines is 1. The third-order valence-corrected chi connectivity index (χ3v) is 3.96. The number of hydrogen-bond donors (Lipinski definition) is 2. The van der Waals surface area contributed by atoms with Gasteiger partial charge in [-0.25, -0.2) is 4.39 Å². The van der Waals surface area contributed by atoms with Gasteiger partial charge in [-0.1, -0.05) is 12.8 Å². The number of nitrogens with one attached hydrogen (secondary N) is 2. The Balaban J connectivity index is 2.11. The highest BCUT2D eigenvalue weighted by molar-refractivity contribution is 5.97. The summed E-state index contributed by atoms with van der Waals surface area (Å²) in [7, 11) is 0. The van der Waals surface area contributed by atoms with Crippen LogP contribution >= 0.6 is 0 Å². The van der Waals surface area contributed by atoms with E-state index in [0.717, 1.165) is 25.7 Å². The van der Waals surface area contributed by atoms with Crippen LogP contribution < -0.4 is 10.6 Å². The van der Waals surface area contributed by atoms with Crippen LogP contribution in [0.5, 0.6) is 0 Å². The van der Waals surface area contributed by atoms with Gasteiger partial charge in [-0.3, -0.25) is 9.59 Å². The lowest BCUT2D eigenvalue weighted by atomic mass is 9.97. The van der Waals surface area contributed by atoms with Crippen molar-refractivity contribution in [3.8, 4) is 0 Å². The van der Waals surface area contributed by atoms with E-state index in [1.807, 2.05) is 0 Å². The minimum Gasteiger partial charge on any atom is -0.344 e. The van der Waals surface area contributed by atoms with Gasteiger partial charge in [-0.2, -0.15) is 0 Å². The maximum Gasteiger partial charge on any atom is 0.247 e. The minimum absolute atomic E-state index is 0.176. The van der Waals surface area contributed by atoms with Gasteiger partial charge in [0, 0.05) is 12.6 Å². The van der Waals surface area contributed by atoms with Crippen LogP contribution in [0.1, 0.15) is 38.2 Å². The quantitative estimate of drug-likeness (QED) is 0.896. The molecule has 1 unspecified atom stereocenters. The van der Waals surface area contributed by atoms with Gasteiger partial charge in [0.15, 0.2) is 0 Å². The number of benzene rings is 1. The lowest BCUT2D eigenvalue weighted by Gasteiger charge is -2.23. The largest absolute Gasteiger partial charge is 0.344 e. The van der Waals surface area contributed by atoms with Crippen molar-refractivity contribution in [2.75, 3.05) is 5.32 Å². The average Bonchev–Trinajstić information content (AvgIpc) is 2.92. The Kier molecular flexibility index (Phi) is 4.94. The van der Waals surface area contributed by atoms with E-state index in [9.17, 15) is 14.0 Å². The summed E-state index contributed by atoms with van der Waals surface area (Å²) < 4.78 is 13.1. The number of halogens is 1. The van der Waals surface area contributed by atoms with E-state index in [2.05, 4.69) is 10.6 Å². The molecule has 1 fully saturated rings. The fraction of sp³-hybridized carbons (Fsp3) is 0.500. The number of rotatable bonds is 4. The summed E-state index contributed by atoms with van der Waals surface area (Å²) in [5.74, 6) is -0.598. The van der Waals surface area contributed by atoms with E-state index in [-0.39, 0.29) is 23.5 Å². The van der Waals surface area contributed by atoms with Gasteiger partial charge in [0.1, 0.15) is 11.9 Å². The molecule has 2 amide bonds. The molecular weight excluding hydrogens is 271 g/mol. The van der Waals surface area contributed by atoms with Crippen LogP contribution in [0.3, 0.4) is 0 Å². The standard InChI is InChI=1S/C16H21FN2O2/c1-10-9-13(17)7-8-14(10)19-16(21)15(18-11(2)20)12-5-3-4-6-12/h7-9,12,15H,3-6H2,1-2H3,(H,18,20)(H,19,21). The van der Waals surface area contributed by atoms with Crippen molar-refractivity contribution in [2.45, 2.75) is 45.6 Å². The molecule has 1 aromatic carbocycles. The molecule has 1 aromatic rings. The molecular formula is C16H21FN2O2. The molecule has 0 heterocycles. The summed E-state index contributed by atoms with van der Waals surface area (Å²) >= 11 is 0. The van der Waals surface area contributed by atoms with Crippen LogP contribution in [0.15, 0.2) is 18.2 Å². The van der Waals surface area contributed by atoms with Crippen LogP contribution in [-0.2, 0) is 9.59 Å². The predicted molar refractivity (Wildman–Crippen MR) is 79.3 cm³/mol. The molecule has 5 heteroatoms. The fourth-order valence-electron chi connectivity index (χ4n) is 2.88. The van der Waals surface area contributed by atoms with Gasteiger partial charge in [0.2, 0.25) is 11.8 Å². The molecule has 21 heavy (non-hydrogen) atoms. The number of aryl methyl sites for hydroxylation is 1. The molecule has 114 valence electrons. The van der Waals surface area contributed by atoms with Crippen molar-refractivity contribution in [1.82, 2.24) is 5.32 Å². The van der Waals surface area contributed by atoms with E-state index in [1.54, 1.807) is 13.0 Å². The summed E-state index contributed by atoms with van der Waals surface area (Å²) in [4.78, 5) is 23.8. The van der Waals surface area contributed by atoms with Crippen molar-refractivity contribution < 1.29 is 14.0 Å².